The molecule has 0 heterocycles. The highest BCUT2D eigenvalue weighted by molar-refractivity contribution is 5.26. The average Bonchev–Trinajstić information content (AvgIpc) is 3.06. The maximum absolute atomic E-state index is 11.7. The van der Waals surface area contributed by atoms with Gasteiger partial charge in [-0.15, -0.1) is 0 Å². The summed E-state index contributed by atoms with van der Waals surface area (Å²) < 4.78 is 0. The second kappa shape index (κ2) is 8.22. The summed E-state index contributed by atoms with van der Waals surface area (Å²) in [6.45, 7) is 14.5. The van der Waals surface area contributed by atoms with Crippen LogP contribution in [-0.4, -0.2) is 22.4 Å². The van der Waals surface area contributed by atoms with E-state index in [1.165, 1.54) is 37.7 Å². The van der Waals surface area contributed by atoms with Gasteiger partial charge in [0.05, 0.1) is 12.2 Å². The number of allylic oxidation sites excluding steroid dienone is 1. The Balaban J connectivity index is 1.54. The van der Waals surface area contributed by atoms with Gasteiger partial charge in [-0.3, -0.25) is 0 Å². The Kier molecular flexibility index (Phi) is 6.26. The van der Waals surface area contributed by atoms with Crippen LogP contribution >= 0.6 is 0 Å². The van der Waals surface area contributed by atoms with Crippen LogP contribution in [-0.2, 0) is 0 Å². The molecule has 3 fully saturated rings. The predicted molar refractivity (Wildman–Crippen MR) is 125 cm³/mol. The molecule has 2 N–H and O–H groups in total. The lowest BCUT2D eigenvalue weighted by Crippen LogP contribution is -2.56. The number of fused-ring (bicyclic) bond motifs is 5. The molecule has 0 bridgehead atoms. The van der Waals surface area contributed by atoms with Gasteiger partial charge in [0.25, 0.3) is 0 Å². The van der Waals surface area contributed by atoms with Crippen molar-refractivity contribution in [1.82, 2.24) is 0 Å². The zero-order valence-electron chi connectivity index (χ0n) is 20.5. The molecule has 172 valence electrons. The summed E-state index contributed by atoms with van der Waals surface area (Å²) in [7, 11) is 0. The smallest absolute Gasteiger partial charge is 0.0602 e. The van der Waals surface area contributed by atoms with Gasteiger partial charge in [0.1, 0.15) is 0 Å². The Hall–Kier alpha value is -0.340. The summed E-state index contributed by atoms with van der Waals surface area (Å²) in [5, 5.41) is 21.9. The molecule has 0 aromatic heterocycles. The molecule has 0 radical (unpaired) electrons. The number of aliphatic hydroxyl groups excluding tert-OH is 2. The molecule has 0 aromatic rings. The topological polar surface area (TPSA) is 40.5 Å². The van der Waals surface area contributed by atoms with Crippen molar-refractivity contribution in [3.63, 3.8) is 0 Å². The molecule has 30 heavy (non-hydrogen) atoms. The van der Waals surface area contributed by atoms with Gasteiger partial charge in [-0.2, -0.15) is 0 Å². The van der Waals surface area contributed by atoms with Crippen LogP contribution in [0.4, 0.5) is 0 Å². The molecule has 2 nitrogen and oxygen atoms in total. The molecule has 10 atom stereocenters. The lowest BCUT2D eigenvalue weighted by molar-refractivity contribution is -0.136. The number of hydrogen-bond donors (Lipinski definition) is 2. The summed E-state index contributed by atoms with van der Waals surface area (Å²) in [6, 6.07) is 0. The van der Waals surface area contributed by atoms with Crippen LogP contribution in [0.25, 0.3) is 0 Å². The van der Waals surface area contributed by atoms with Gasteiger partial charge in [0, 0.05) is 0 Å². The standard InChI is InChI=1S/C28H48O2/c1-17(2)18(3)7-8-19(4)23-11-12-24-22-10-9-20-15-21(29)13-14-27(20,5)25(22)16-26(30)28(23,24)6/h9,17-19,21-26,29-30H,7-8,10-16H2,1-6H3/t18-,19+,21?,22-,23+,24-,25-,26?,27-,28+/m0/s1. The highest BCUT2D eigenvalue weighted by Gasteiger charge is 2.62. The van der Waals surface area contributed by atoms with Crippen LogP contribution in [0, 0.1) is 52.3 Å². The highest BCUT2D eigenvalue weighted by atomic mass is 16.3. The third-order valence-corrected chi connectivity index (χ3v) is 11.2. The molecule has 0 saturated heterocycles. The van der Waals surface area contributed by atoms with Crippen molar-refractivity contribution in [2.75, 3.05) is 0 Å². The van der Waals surface area contributed by atoms with Crippen LogP contribution in [0.5, 0.6) is 0 Å². The first-order chi connectivity index (χ1) is 14.1. The van der Waals surface area contributed by atoms with E-state index in [0.717, 1.165) is 43.4 Å². The maximum Gasteiger partial charge on any atom is 0.0602 e. The summed E-state index contributed by atoms with van der Waals surface area (Å²) in [5.74, 6) is 4.95. The average molecular weight is 417 g/mol. The van der Waals surface area contributed by atoms with E-state index < -0.39 is 0 Å². The van der Waals surface area contributed by atoms with E-state index in [1.807, 2.05) is 0 Å². The molecule has 4 aliphatic rings. The zero-order chi connectivity index (χ0) is 21.8. The van der Waals surface area contributed by atoms with Gasteiger partial charge >= 0.3 is 0 Å². The summed E-state index contributed by atoms with van der Waals surface area (Å²) >= 11 is 0. The van der Waals surface area contributed by atoms with Gasteiger partial charge in [0.15, 0.2) is 0 Å². The Morgan fingerprint density at radius 2 is 1.73 bits per heavy atom. The van der Waals surface area contributed by atoms with E-state index >= 15 is 0 Å². The van der Waals surface area contributed by atoms with Gasteiger partial charge < -0.3 is 10.2 Å². The van der Waals surface area contributed by atoms with Crippen LogP contribution in [0.15, 0.2) is 11.6 Å². The largest absolute Gasteiger partial charge is 0.393 e. The maximum atomic E-state index is 11.7. The minimum absolute atomic E-state index is 0.0948. The highest BCUT2D eigenvalue weighted by Crippen LogP contribution is 2.67. The first-order valence-corrected chi connectivity index (χ1v) is 13.1. The second-order valence-electron chi connectivity index (χ2n) is 12.7. The molecule has 0 spiro atoms. The van der Waals surface area contributed by atoms with Crippen LogP contribution in [0.2, 0.25) is 0 Å². The summed E-state index contributed by atoms with van der Waals surface area (Å²) in [6.07, 6.45) is 12.5. The van der Waals surface area contributed by atoms with Gasteiger partial charge in [-0.05, 0) is 97.2 Å². The van der Waals surface area contributed by atoms with Crippen molar-refractivity contribution in [1.29, 1.82) is 0 Å². The van der Waals surface area contributed by atoms with E-state index in [4.69, 9.17) is 0 Å². The van der Waals surface area contributed by atoms with Gasteiger partial charge in [0.2, 0.25) is 0 Å². The Labute approximate surface area is 185 Å². The summed E-state index contributed by atoms with van der Waals surface area (Å²) in [4.78, 5) is 0. The van der Waals surface area contributed by atoms with Crippen molar-refractivity contribution in [2.45, 2.75) is 112 Å². The Bertz CT molecular complexity index is 653. The molecule has 0 amide bonds. The Morgan fingerprint density at radius 3 is 2.43 bits per heavy atom. The predicted octanol–water partition coefficient (Wildman–Crippen LogP) is 6.61. The lowest BCUT2D eigenvalue weighted by Gasteiger charge is -2.60. The summed E-state index contributed by atoms with van der Waals surface area (Å²) in [5.41, 5.74) is 1.81. The van der Waals surface area contributed by atoms with Crippen molar-refractivity contribution >= 4 is 0 Å². The van der Waals surface area contributed by atoms with Crippen LogP contribution < -0.4 is 0 Å². The van der Waals surface area contributed by atoms with E-state index in [-0.39, 0.29) is 23.0 Å². The molecule has 3 saturated carbocycles. The lowest BCUT2D eigenvalue weighted by atomic mass is 9.46. The fourth-order valence-corrected chi connectivity index (χ4v) is 8.63. The molecule has 0 aliphatic heterocycles. The monoisotopic (exact) mass is 416 g/mol. The van der Waals surface area contributed by atoms with E-state index in [2.05, 4.69) is 47.6 Å². The van der Waals surface area contributed by atoms with E-state index in [9.17, 15) is 10.2 Å². The number of hydrogen-bond acceptors (Lipinski definition) is 2. The zero-order valence-corrected chi connectivity index (χ0v) is 20.5. The first-order valence-electron chi connectivity index (χ1n) is 13.1. The Morgan fingerprint density at radius 1 is 1.00 bits per heavy atom. The third-order valence-electron chi connectivity index (χ3n) is 11.2. The second-order valence-corrected chi connectivity index (χ2v) is 12.7. The molecular weight excluding hydrogens is 368 g/mol. The van der Waals surface area contributed by atoms with Crippen molar-refractivity contribution in [3.8, 4) is 0 Å². The van der Waals surface area contributed by atoms with Gasteiger partial charge in [-0.1, -0.05) is 66.0 Å². The number of rotatable bonds is 5. The quantitative estimate of drug-likeness (QED) is 0.495. The SMILES string of the molecule is CC(C)[C@@H](C)CC[C@@H](C)[C@H]1CC[C@H]2[C@@H]3CC=C4CC(O)CC[C@]4(C)[C@H]3CC(O)[C@]12C. The molecule has 2 unspecified atom stereocenters. The van der Waals surface area contributed by atoms with E-state index in [0.29, 0.717) is 23.7 Å². The molecule has 4 aliphatic carbocycles. The molecule has 4 rings (SSSR count). The number of aliphatic hydroxyl groups is 2. The molecule has 0 aromatic carbocycles. The molecular formula is C28H48O2. The van der Waals surface area contributed by atoms with Crippen molar-refractivity contribution in [3.05, 3.63) is 11.6 Å². The fourth-order valence-electron chi connectivity index (χ4n) is 8.63. The minimum atomic E-state index is -0.163. The first kappa shape index (κ1) is 22.8. The van der Waals surface area contributed by atoms with E-state index in [1.54, 1.807) is 0 Å². The van der Waals surface area contributed by atoms with Gasteiger partial charge in [-0.25, -0.2) is 0 Å². The third kappa shape index (κ3) is 3.53. The fraction of sp³-hybridized carbons (Fsp3) is 0.929. The molecule has 2 heteroatoms. The van der Waals surface area contributed by atoms with Crippen molar-refractivity contribution in [2.24, 2.45) is 52.3 Å². The minimum Gasteiger partial charge on any atom is -0.393 e. The van der Waals surface area contributed by atoms with Crippen LogP contribution in [0.1, 0.15) is 99.3 Å². The van der Waals surface area contributed by atoms with Crippen molar-refractivity contribution < 1.29 is 10.2 Å². The van der Waals surface area contributed by atoms with Crippen LogP contribution in [0.3, 0.4) is 0 Å². The normalized spacial score (nSPS) is 47.8.